The summed E-state index contributed by atoms with van der Waals surface area (Å²) in [6, 6.07) is 8.95. The summed E-state index contributed by atoms with van der Waals surface area (Å²) in [5.74, 6) is 0.786. The Morgan fingerprint density at radius 1 is 1.09 bits per heavy atom. The summed E-state index contributed by atoms with van der Waals surface area (Å²) in [4.78, 5) is 44.0. The zero-order valence-corrected chi connectivity index (χ0v) is 17.9. The summed E-state index contributed by atoms with van der Waals surface area (Å²) in [7, 11) is 1.58. The number of piperazine rings is 1. The summed E-state index contributed by atoms with van der Waals surface area (Å²) >= 11 is 6.11. The zero-order chi connectivity index (χ0) is 22.4. The lowest BCUT2D eigenvalue weighted by Crippen LogP contribution is -2.49. The predicted octanol–water partition coefficient (Wildman–Crippen LogP) is 0.829. The Morgan fingerprint density at radius 2 is 1.84 bits per heavy atom. The maximum atomic E-state index is 12.9. The fourth-order valence-corrected chi connectivity index (χ4v) is 4.01. The van der Waals surface area contributed by atoms with Crippen molar-refractivity contribution in [1.29, 1.82) is 0 Å². The first-order valence-corrected chi connectivity index (χ1v) is 10.4. The first-order chi connectivity index (χ1) is 15.5. The number of hydrogen-bond acceptors (Lipinski definition) is 7. The third kappa shape index (κ3) is 3.52. The van der Waals surface area contributed by atoms with Crippen molar-refractivity contribution in [2.75, 3.05) is 38.2 Å². The number of halogens is 1. The molecule has 10 nitrogen and oxygen atoms in total. The Balaban J connectivity index is 1.27. The van der Waals surface area contributed by atoms with Gasteiger partial charge in [0, 0.05) is 43.3 Å². The van der Waals surface area contributed by atoms with Gasteiger partial charge in [0.15, 0.2) is 5.65 Å². The van der Waals surface area contributed by atoms with Crippen LogP contribution in [0.1, 0.15) is 0 Å². The molecule has 0 saturated carbocycles. The molecule has 5 rings (SSSR count). The Labute approximate surface area is 186 Å². The van der Waals surface area contributed by atoms with Crippen LogP contribution in [0.3, 0.4) is 0 Å². The van der Waals surface area contributed by atoms with Crippen LogP contribution in [0.15, 0.2) is 46.1 Å². The molecule has 1 aliphatic rings. The smallest absolute Gasteiger partial charge is 0.325 e. The average Bonchev–Trinajstić information content (AvgIpc) is 3.22. The number of ether oxygens (including phenoxy) is 1. The van der Waals surface area contributed by atoms with Crippen LogP contribution in [0.25, 0.3) is 16.9 Å². The summed E-state index contributed by atoms with van der Waals surface area (Å²) in [6.07, 6.45) is 1.61. The van der Waals surface area contributed by atoms with Gasteiger partial charge < -0.3 is 14.5 Å². The van der Waals surface area contributed by atoms with Crippen molar-refractivity contribution in [3.05, 3.63) is 62.3 Å². The summed E-state index contributed by atoms with van der Waals surface area (Å²) in [5.41, 5.74) is 0.271. The van der Waals surface area contributed by atoms with Gasteiger partial charge in [-0.25, -0.2) is 14.2 Å². The van der Waals surface area contributed by atoms with E-state index in [0.29, 0.717) is 42.6 Å². The summed E-state index contributed by atoms with van der Waals surface area (Å²) < 4.78 is 7.78. The molecule has 0 unspecified atom stereocenters. The van der Waals surface area contributed by atoms with Crippen LogP contribution >= 0.6 is 11.6 Å². The van der Waals surface area contributed by atoms with Gasteiger partial charge in [-0.15, -0.1) is 0 Å². The van der Waals surface area contributed by atoms with E-state index < -0.39 is 11.1 Å². The number of nitrogens with zero attached hydrogens (tertiary/aromatic N) is 6. The molecule has 11 heteroatoms. The highest BCUT2D eigenvalue weighted by Gasteiger charge is 2.24. The second-order valence-electron chi connectivity index (χ2n) is 7.52. The molecule has 4 aromatic rings. The minimum Gasteiger partial charge on any atom is -0.495 e. The number of carbonyl (C=O) groups excluding carboxylic acids is 1. The minimum atomic E-state index is -0.588. The van der Waals surface area contributed by atoms with Crippen LogP contribution in [-0.2, 0) is 11.3 Å². The van der Waals surface area contributed by atoms with Gasteiger partial charge in [0.25, 0.3) is 0 Å². The lowest BCUT2D eigenvalue weighted by atomic mass is 10.2. The van der Waals surface area contributed by atoms with Crippen LogP contribution in [0.2, 0.25) is 5.02 Å². The van der Waals surface area contributed by atoms with Gasteiger partial charge in [0.1, 0.15) is 18.1 Å². The van der Waals surface area contributed by atoms with E-state index in [-0.39, 0.29) is 18.3 Å². The van der Waals surface area contributed by atoms with Crippen molar-refractivity contribution in [1.82, 2.24) is 24.2 Å². The van der Waals surface area contributed by atoms with E-state index in [0.717, 1.165) is 15.6 Å². The van der Waals surface area contributed by atoms with Crippen LogP contribution in [-0.4, -0.2) is 63.4 Å². The van der Waals surface area contributed by atoms with Gasteiger partial charge in [-0.2, -0.15) is 5.10 Å². The number of rotatable bonds is 5. The average molecular weight is 455 g/mol. The molecular weight excluding hydrogens is 436 g/mol. The molecule has 0 N–H and O–H groups in total. The van der Waals surface area contributed by atoms with Crippen LogP contribution in [0, 0.1) is 0 Å². The lowest BCUT2D eigenvalue weighted by Gasteiger charge is -2.36. The van der Waals surface area contributed by atoms with Crippen molar-refractivity contribution in [3.63, 3.8) is 0 Å². The van der Waals surface area contributed by atoms with Gasteiger partial charge in [-0.05, 0) is 24.3 Å². The maximum absolute atomic E-state index is 12.9. The van der Waals surface area contributed by atoms with Crippen LogP contribution < -0.4 is 20.8 Å². The molecule has 1 amide bonds. The number of amides is 1. The van der Waals surface area contributed by atoms with Crippen molar-refractivity contribution in [2.45, 2.75) is 6.54 Å². The summed E-state index contributed by atoms with van der Waals surface area (Å²) in [6.45, 7) is 2.52. The minimum absolute atomic E-state index is 0.0244. The van der Waals surface area contributed by atoms with Gasteiger partial charge in [-0.1, -0.05) is 11.6 Å². The maximum Gasteiger partial charge on any atom is 0.325 e. The molecule has 0 atom stereocenters. The standard InChI is InChI=1S/C21H19ClN6O4/c1-32-16-10-14(3-4-15(16)22)25-6-8-26(9-7-25)18(29)12-27-19-13(11-23-27)2-5-17(24-19)28-20(30)21(28)31/h2-5,10-11H,6-9,12H2,1H3. The number of fused-ring (bicyclic) bond motifs is 1. The Morgan fingerprint density at radius 3 is 2.53 bits per heavy atom. The third-order valence-electron chi connectivity index (χ3n) is 5.66. The van der Waals surface area contributed by atoms with E-state index in [1.807, 2.05) is 12.1 Å². The SMILES string of the molecule is COc1cc(N2CCN(C(=O)Cn3ncc4ccc(-n5c(=O)c5=O)nc43)CC2)ccc1Cl. The highest BCUT2D eigenvalue weighted by atomic mass is 35.5. The monoisotopic (exact) mass is 454 g/mol. The van der Waals surface area contributed by atoms with Gasteiger partial charge >= 0.3 is 11.1 Å². The topological polar surface area (TPSA) is 103 Å². The number of aromatic nitrogens is 4. The van der Waals surface area contributed by atoms with Crippen molar-refractivity contribution in [2.24, 2.45) is 0 Å². The zero-order valence-electron chi connectivity index (χ0n) is 17.2. The molecule has 0 aliphatic carbocycles. The molecule has 32 heavy (non-hydrogen) atoms. The number of methoxy groups -OCH3 is 1. The van der Waals surface area contributed by atoms with E-state index in [1.165, 1.54) is 4.68 Å². The molecule has 1 fully saturated rings. The number of anilines is 1. The highest BCUT2D eigenvalue weighted by Crippen LogP contribution is 2.29. The number of benzene rings is 1. The largest absolute Gasteiger partial charge is 0.495 e. The second-order valence-corrected chi connectivity index (χ2v) is 7.92. The van der Waals surface area contributed by atoms with Crippen molar-refractivity contribution >= 4 is 34.2 Å². The molecule has 1 aromatic carbocycles. The van der Waals surface area contributed by atoms with E-state index in [2.05, 4.69) is 15.0 Å². The molecule has 0 radical (unpaired) electrons. The third-order valence-corrected chi connectivity index (χ3v) is 5.97. The summed E-state index contributed by atoms with van der Waals surface area (Å²) in [5, 5.41) is 5.54. The van der Waals surface area contributed by atoms with E-state index in [1.54, 1.807) is 36.4 Å². The Bertz CT molecular complexity index is 1370. The molecule has 1 aliphatic heterocycles. The fraction of sp³-hybridized carbons (Fsp3) is 0.286. The molecule has 1 saturated heterocycles. The molecule has 4 heterocycles. The number of carbonyl (C=O) groups is 1. The number of hydrogen-bond donors (Lipinski definition) is 0. The van der Waals surface area contributed by atoms with Crippen LogP contribution in [0.5, 0.6) is 5.75 Å². The second kappa shape index (κ2) is 7.79. The molecule has 0 bridgehead atoms. The fourth-order valence-electron chi connectivity index (χ4n) is 3.81. The molecular formula is C21H19ClN6O4. The normalized spacial score (nSPS) is 14.4. The van der Waals surface area contributed by atoms with Crippen molar-refractivity contribution < 1.29 is 9.53 Å². The Hall–Kier alpha value is -3.66. The van der Waals surface area contributed by atoms with Crippen molar-refractivity contribution in [3.8, 4) is 11.6 Å². The quantitative estimate of drug-likeness (QED) is 0.411. The predicted molar refractivity (Wildman–Crippen MR) is 119 cm³/mol. The van der Waals surface area contributed by atoms with Gasteiger partial charge in [-0.3, -0.25) is 14.4 Å². The first-order valence-electron chi connectivity index (χ1n) is 10.0. The van der Waals surface area contributed by atoms with E-state index >= 15 is 0 Å². The Kier molecular flexibility index (Phi) is 4.93. The van der Waals surface area contributed by atoms with Crippen LogP contribution in [0.4, 0.5) is 5.69 Å². The van der Waals surface area contributed by atoms with Gasteiger partial charge in [0.2, 0.25) is 5.91 Å². The number of pyridine rings is 1. The van der Waals surface area contributed by atoms with Gasteiger partial charge in [0.05, 0.1) is 18.3 Å². The molecule has 3 aromatic heterocycles. The lowest BCUT2D eigenvalue weighted by molar-refractivity contribution is -0.132. The van der Waals surface area contributed by atoms with E-state index in [9.17, 15) is 14.4 Å². The first kappa shape index (κ1) is 20.3. The highest BCUT2D eigenvalue weighted by molar-refractivity contribution is 6.32. The molecule has 0 spiro atoms. The molecule has 164 valence electrons. The van der Waals surface area contributed by atoms with E-state index in [4.69, 9.17) is 16.3 Å².